The molecule has 0 bridgehead atoms. The highest BCUT2D eigenvalue weighted by Gasteiger charge is 2.20. The minimum Gasteiger partial charge on any atom is -0.490 e. The van der Waals surface area contributed by atoms with Crippen LogP contribution in [0, 0.1) is 6.92 Å². The van der Waals surface area contributed by atoms with E-state index in [1.807, 2.05) is 6.92 Å². The second-order valence-electron chi connectivity index (χ2n) is 4.79. The lowest BCUT2D eigenvalue weighted by molar-refractivity contribution is 0.102. The van der Waals surface area contributed by atoms with Gasteiger partial charge in [-0.15, -0.1) is 0 Å². The number of nitrogens with one attached hydrogen (secondary N) is 1. The molecule has 0 aliphatic carbocycles. The minimum atomic E-state index is -0.405. The fourth-order valence-electron chi connectivity index (χ4n) is 1.87. The third kappa shape index (κ3) is 3.36. The fraction of sp³-hybridized carbons (Fsp3) is 0.333. The van der Waals surface area contributed by atoms with Gasteiger partial charge in [-0.25, -0.2) is 0 Å². The zero-order chi connectivity index (χ0) is 16.3. The molecule has 5 nitrogen and oxygen atoms in total. The van der Waals surface area contributed by atoms with Gasteiger partial charge in [0.05, 0.1) is 28.0 Å². The molecule has 0 atom stereocenters. The van der Waals surface area contributed by atoms with Gasteiger partial charge in [-0.1, -0.05) is 36.2 Å². The molecule has 7 heteroatoms. The van der Waals surface area contributed by atoms with Crippen LogP contribution in [0.3, 0.4) is 0 Å². The SMILES string of the molecule is CCCOc1c(Cl)cccc1NC(=O)c1nn(C)c(C)c1Cl. The number of anilines is 1. The summed E-state index contributed by atoms with van der Waals surface area (Å²) in [6.45, 7) is 4.29. The predicted octanol–water partition coefficient (Wildman–Crippen LogP) is 4.08. The molecular weight excluding hydrogens is 325 g/mol. The van der Waals surface area contributed by atoms with Gasteiger partial charge in [0.15, 0.2) is 11.4 Å². The molecule has 0 aliphatic heterocycles. The molecule has 22 heavy (non-hydrogen) atoms. The molecule has 1 heterocycles. The van der Waals surface area contributed by atoms with E-state index in [0.717, 1.165) is 12.1 Å². The van der Waals surface area contributed by atoms with Gasteiger partial charge in [0, 0.05) is 7.05 Å². The monoisotopic (exact) mass is 341 g/mol. The van der Waals surface area contributed by atoms with Crippen molar-refractivity contribution in [2.75, 3.05) is 11.9 Å². The van der Waals surface area contributed by atoms with Gasteiger partial charge >= 0.3 is 0 Å². The van der Waals surface area contributed by atoms with Crippen LogP contribution in [-0.4, -0.2) is 22.3 Å². The Hall–Kier alpha value is -1.72. The highest BCUT2D eigenvalue weighted by Crippen LogP contribution is 2.33. The molecule has 0 aliphatic rings. The van der Waals surface area contributed by atoms with Crippen molar-refractivity contribution < 1.29 is 9.53 Å². The largest absolute Gasteiger partial charge is 0.490 e. The van der Waals surface area contributed by atoms with Crippen LogP contribution in [-0.2, 0) is 7.05 Å². The lowest BCUT2D eigenvalue weighted by Crippen LogP contribution is -2.14. The van der Waals surface area contributed by atoms with Crippen LogP contribution in [0.5, 0.6) is 5.75 Å². The Bertz CT molecular complexity index is 698. The molecule has 0 unspecified atom stereocenters. The molecule has 2 rings (SSSR count). The standard InChI is InChI=1S/C15H17Cl2N3O2/c1-4-8-22-14-10(16)6-5-7-11(14)18-15(21)13-12(17)9(2)20(3)19-13/h5-7H,4,8H2,1-3H3,(H,18,21). The summed E-state index contributed by atoms with van der Waals surface area (Å²) in [6, 6.07) is 5.17. The number of aromatic nitrogens is 2. The van der Waals surface area contributed by atoms with E-state index in [4.69, 9.17) is 27.9 Å². The third-order valence-corrected chi connectivity index (χ3v) is 3.89. The second kappa shape index (κ2) is 7.03. The molecule has 1 aromatic heterocycles. The van der Waals surface area contributed by atoms with E-state index in [-0.39, 0.29) is 5.69 Å². The maximum atomic E-state index is 12.4. The predicted molar refractivity (Wildman–Crippen MR) is 88.1 cm³/mol. The third-order valence-electron chi connectivity index (χ3n) is 3.14. The van der Waals surface area contributed by atoms with Crippen LogP contribution in [0.2, 0.25) is 10.0 Å². The number of carbonyl (C=O) groups is 1. The Labute approximate surface area is 139 Å². The van der Waals surface area contributed by atoms with E-state index in [9.17, 15) is 4.79 Å². The molecule has 1 aromatic carbocycles. The van der Waals surface area contributed by atoms with Crippen molar-refractivity contribution in [3.8, 4) is 5.75 Å². The van der Waals surface area contributed by atoms with E-state index in [1.165, 1.54) is 0 Å². The lowest BCUT2D eigenvalue weighted by atomic mass is 10.2. The van der Waals surface area contributed by atoms with E-state index in [0.29, 0.717) is 28.1 Å². The van der Waals surface area contributed by atoms with E-state index in [1.54, 1.807) is 36.9 Å². The molecule has 0 saturated carbocycles. The Morgan fingerprint density at radius 2 is 2.14 bits per heavy atom. The summed E-state index contributed by atoms with van der Waals surface area (Å²) in [5.74, 6) is 0.0421. The van der Waals surface area contributed by atoms with E-state index < -0.39 is 5.91 Å². The molecule has 2 aromatic rings. The maximum absolute atomic E-state index is 12.4. The number of halogens is 2. The van der Waals surface area contributed by atoms with Crippen LogP contribution < -0.4 is 10.1 Å². The Balaban J connectivity index is 2.28. The summed E-state index contributed by atoms with van der Waals surface area (Å²) in [4.78, 5) is 12.4. The number of para-hydroxylation sites is 1. The fourth-order valence-corrected chi connectivity index (χ4v) is 2.34. The Morgan fingerprint density at radius 3 is 2.73 bits per heavy atom. The number of nitrogens with zero attached hydrogens (tertiary/aromatic N) is 2. The highest BCUT2D eigenvalue weighted by atomic mass is 35.5. The van der Waals surface area contributed by atoms with Gasteiger partial charge in [0.2, 0.25) is 0 Å². The first-order valence-corrected chi connectivity index (χ1v) is 7.63. The van der Waals surface area contributed by atoms with Gasteiger partial charge in [0.1, 0.15) is 0 Å². The average molecular weight is 342 g/mol. The van der Waals surface area contributed by atoms with Crippen LogP contribution in [0.1, 0.15) is 29.5 Å². The van der Waals surface area contributed by atoms with Crippen molar-refractivity contribution in [3.63, 3.8) is 0 Å². The first kappa shape index (κ1) is 16.6. The molecule has 118 valence electrons. The molecule has 0 spiro atoms. The van der Waals surface area contributed by atoms with Crippen molar-refractivity contribution in [2.45, 2.75) is 20.3 Å². The average Bonchev–Trinajstić information content (AvgIpc) is 2.74. The van der Waals surface area contributed by atoms with Gasteiger partial charge in [-0.2, -0.15) is 5.10 Å². The van der Waals surface area contributed by atoms with Crippen molar-refractivity contribution in [1.82, 2.24) is 9.78 Å². The number of hydrogen-bond acceptors (Lipinski definition) is 3. The second-order valence-corrected chi connectivity index (χ2v) is 5.58. The number of amides is 1. The number of hydrogen-bond donors (Lipinski definition) is 1. The zero-order valence-electron chi connectivity index (χ0n) is 12.6. The summed E-state index contributed by atoms with van der Waals surface area (Å²) in [7, 11) is 1.73. The number of carbonyl (C=O) groups excluding carboxylic acids is 1. The minimum absolute atomic E-state index is 0.170. The van der Waals surface area contributed by atoms with Gasteiger partial charge in [-0.05, 0) is 25.5 Å². The topological polar surface area (TPSA) is 56.1 Å². The van der Waals surface area contributed by atoms with Crippen molar-refractivity contribution in [3.05, 3.63) is 39.6 Å². The first-order valence-electron chi connectivity index (χ1n) is 6.87. The maximum Gasteiger partial charge on any atom is 0.277 e. The van der Waals surface area contributed by atoms with Crippen LogP contribution >= 0.6 is 23.2 Å². The molecule has 0 fully saturated rings. The van der Waals surface area contributed by atoms with Gasteiger partial charge < -0.3 is 10.1 Å². The van der Waals surface area contributed by atoms with Crippen LogP contribution in [0.25, 0.3) is 0 Å². The number of benzene rings is 1. The number of aryl methyl sites for hydroxylation is 1. The molecular formula is C15H17Cl2N3O2. The summed E-state index contributed by atoms with van der Waals surface area (Å²) in [6.07, 6.45) is 0.837. The normalized spacial score (nSPS) is 10.6. The molecule has 1 amide bonds. The van der Waals surface area contributed by atoms with Crippen molar-refractivity contribution in [1.29, 1.82) is 0 Å². The smallest absolute Gasteiger partial charge is 0.277 e. The summed E-state index contributed by atoms with van der Waals surface area (Å²) in [5.41, 5.74) is 1.38. The summed E-state index contributed by atoms with van der Waals surface area (Å²) >= 11 is 12.3. The highest BCUT2D eigenvalue weighted by molar-refractivity contribution is 6.35. The summed E-state index contributed by atoms with van der Waals surface area (Å²) in [5, 5.41) is 7.64. The Kier molecular flexibility index (Phi) is 5.32. The lowest BCUT2D eigenvalue weighted by Gasteiger charge is -2.13. The van der Waals surface area contributed by atoms with Crippen molar-refractivity contribution in [2.24, 2.45) is 7.05 Å². The first-order chi connectivity index (χ1) is 10.5. The zero-order valence-corrected chi connectivity index (χ0v) is 14.1. The van der Waals surface area contributed by atoms with Gasteiger partial charge in [0.25, 0.3) is 5.91 Å². The number of ether oxygens (including phenoxy) is 1. The quantitative estimate of drug-likeness (QED) is 0.891. The van der Waals surface area contributed by atoms with Crippen LogP contribution in [0.4, 0.5) is 5.69 Å². The molecule has 1 N–H and O–H groups in total. The van der Waals surface area contributed by atoms with E-state index >= 15 is 0 Å². The van der Waals surface area contributed by atoms with E-state index in [2.05, 4.69) is 10.4 Å². The number of rotatable bonds is 5. The van der Waals surface area contributed by atoms with Crippen LogP contribution in [0.15, 0.2) is 18.2 Å². The van der Waals surface area contributed by atoms with Crippen molar-refractivity contribution >= 4 is 34.8 Å². The summed E-state index contributed by atoms with van der Waals surface area (Å²) < 4.78 is 7.17. The van der Waals surface area contributed by atoms with Gasteiger partial charge in [-0.3, -0.25) is 9.48 Å². The Morgan fingerprint density at radius 1 is 1.41 bits per heavy atom. The molecule has 0 radical (unpaired) electrons. The molecule has 0 saturated heterocycles.